The lowest BCUT2D eigenvalue weighted by molar-refractivity contribution is 0.0127. The quantitative estimate of drug-likeness (QED) is 0.537. The number of hydrogen-bond donors (Lipinski definition) is 0. The highest BCUT2D eigenvalue weighted by molar-refractivity contribution is 5.70. The fraction of sp³-hybridized carbons (Fsp3) is 0.304. The lowest BCUT2D eigenvalue weighted by Gasteiger charge is -2.14. The molecule has 3 aromatic rings. The smallest absolute Gasteiger partial charge is 0.260 e. The molecule has 0 spiro atoms. The largest absolute Gasteiger partial charge is 0.286 e. The van der Waals surface area contributed by atoms with Crippen molar-refractivity contribution in [3.8, 4) is 11.1 Å². The predicted octanol–water partition coefficient (Wildman–Crippen LogP) is 5.97. The van der Waals surface area contributed by atoms with E-state index in [1.165, 1.54) is 29.0 Å². The van der Waals surface area contributed by atoms with Crippen LogP contribution in [0.4, 0.5) is 8.78 Å². The Morgan fingerprint density at radius 3 is 2.30 bits per heavy atom. The molecule has 2 heterocycles. The molecule has 0 fully saturated rings. The molecular weight excluding hydrogens is 342 g/mol. The van der Waals surface area contributed by atoms with Crippen LogP contribution < -0.4 is 0 Å². The Bertz CT molecular complexity index is 912. The van der Waals surface area contributed by atoms with Gasteiger partial charge in [-0.05, 0) is 47.2 Å². The lowest BCUT2D eigenvalue weighted by atomic mass is 9.92. The predicted molar refractivity (Wildman–Crippen MR) is 105 cm³/mol. The Kier molecular flexibility index (Phi) is 5.64. The van der Waals surface area contributed by atoms with Crippen LogP contribution in [0.3, 0.4) is 0 Å². The molecule has 0 aliphatic rings. The maximum Gasteiger partial charge on any atom is 0.286 e. The first-order chi connectivity index (χ1) is 12.9. The van der Waals surface area contributed by atoms with Gasteiger partial charge in [-0.1, -0.05) is 44.2 Å². The van der Waals surface area contributed by atoms with E-state index in [0.29, 0.717) is 6.42 Å². The summed E-state index contributed by atoms with van der Waals surface area (Å²) in [5.74, 6) is -2.93. The standard InChI is InChI=1S/C23H24F2N2/c1-4-16-8-10-18(5-2)20(13-16)19-7-6-12-26-21(19)14-17-9-11-22(27-15-17)23(3,24)25/h6-13,15H,4-5,14H2,1-3H3. The first-order valence-corrected chi connectivity index (χ1v) is 9.31. The number of aromatic nitrogens is 2. The second-order valence-electron chi connectivity index (χ2n) is 6.81. The minimum Gasteiger partial charge on any atom is -0.260 e. The molecule has 1 aromatic carbocycles. The van der Waals surface area contributed by atoms with E-state index in [1.807, 2.05) is 6.07 Å². The molecule has 0 unspecified atom stereocenters. The zero-order valence-corrected chi connectivity index (χ0v) is 16.0. The molecule has 0 aliphatic heterocycles. The number of rotatable bonds is 6. The Morgan fingerprint density at radius 1 is 0.889 bits per heavy atom. The van der Waals surface area contributed by atoms with E-state index in [9.17, 15) is 8.78 Å². The molecular formula is C23H24F2N2. The molecule has 0 radical (unpaired) electrons. The van der Waals surface area contributed by atoms with Gasteiger partial charge in [-0.3, -0.25) is 9.97 Å². The third-order valence-corrected chi connectivity index (χ3v) is 4.79. The van der Waals surface area contributed by atoms with Gasteiger partial charge in [0.05, 0.1) is 5.69 Å². The van der Waals surface area contributed by atoms with E-state index in [4.69, 9.17) is 0 Å². The van der Waals surface area contributed by atoms with E-state index in [1.54, 1.807) is 12.3 Å². The van der Waals surface area contributed by atoms with Crippen molar-refractivity contribution < 1.29 is 8.78 Å². The minimum atomic E-state index is -2.93. The summed E-state index contributed by atoms with van der Waals surface area (Å²) in [6, 6.07) is 13.7. The third-order valence-electron chi connectivity index (χ3n) is 4.79. The number of hydrogen-bond acceptors (Lipinski definition) is 2. The SMILES string of the molecule is CCc1ccc(CC)c(-c2cccnc2Cc2ccc(C(C)(F)F)nc2)c1. The maximum absolute atomic E-state index is 13.4. The van der Waals surface area contributed by atoms with Crippen LogP contribution in [0.15, 0.2) is 54.9 Å². The fourth-order valence-corrected chi connectivity index (χ4v) is 3.21. The van der Waals surface area contributed by atoms with Gasteiger partial charge in [0.15, 0.2) is 0 Å². The Balaban J connectivity index is 1.98. The molecule has 0 amide bonds. The van der Waals surface area contributed by atoms with E-state index in [2.05, 4.69) is 48.1 Å². The number of alkyl halides is 2. The highest BCUT2D eigenvalue weighted by Gasteiger charge is 2.25. The van der Waals surface area contributed by atoms with Gasteiger partial charge >= 0.3 is 0 Å². The van der Waals surface area contributed by atoms with Gasteiger partial charge in [0, 0.05) is 31.3 Å². The molecule has 0 atom stereocenters. The number of nitrogens with zero attached hydrogens (tertiary/aromatic N) is 2. The normalized spacial score (nSPS) is 11.6. The van der Waals surface area contributed by atoms with E-state index in [0.717, 1.165) is 36.6 Å². The molecule has 27 heavy (non-hydrogen) atoms. The molecule has 2 aromatic heterocycles. The number of benzene rings is 1. The van der Waals surface area contributed by atoms with Crippen molar-refractivity contribution in [1.29, 1.82) is 0 Å². The molecule has 4 heteroatoms. The van der Waals surface area contributed by atoms with Crippen LogP contribution in [0, 0.1) is 0 Å². The summed E-state index contributed by atoms with van der Waals surface area (Å²) in [6.07, 6.45) is 5.77. The van der Waals surface area contributed by atoms with Crippen molar-refractivity contribution in [2.45, 2.75) is 46.0 Å². The highest BCUT2D eigenvalue weighted by Crippen LogP contribution is 2.30. The van der Waals surface area contributed by atoms with Crippen LogP contribution in [0.5, 0.6) is 0 Å². The summed E-state index contributed by atoms with van der Waals surface area (Å²) in [6.45, 7) is 5.15. The molecule has 0 bridgehead atoms. The average molecular weight is 366 g/mol. The topological polar surface area (TPSA) is 25.8 Å². The zero-order valence-electron chi connectivity index (χ0n) is 16.0. The Hall–Kier alpha value is -2.62. The van der Waals surface area contributed by atoms with Crippen LogP contribution in [0.1, 0.15) is 48.8 Å². The first kappa shape index (κ1) is 19.2. The van der Waals surface area contributed by atoms with Gasteiger partial charge < -0.3 is 0 Å². The van der Waals surface area contributed by atoms with E-state index < -0.39 is 5.92 Å². The molecule has 0 saturated heterocycles. The summed E-state index contributed by atoms with van der Waals surface area (Å²) in [4.78, 5) is 8.51. The van der Waals surface area contributed by atoms with Crippen molar-refractivity contribution in [2.75, 3.05) is 0 Å². The fourth-order valence-electron chi connectivity index (χ4n) is 3.21. The van der Waals surface area contributed by atoms with Crippen molar-refractivity contribution >= 4 is 0 Å². The number of pyridine rings is 2. The maximum atomic E-state index is 13.4. The average Bonchev–Trinajstić information content (AvgIpc) is 2.67. The van der Waals surface area contributed by atoms with Crippen molar-refractivity contribution in [2.24, 2.45) is 0 Å². The summed E-state index contributed by atoms with van der Waals surface area (Å²) in [7, 11) is 0. The summed E-state index contributed by atoms with van der Waals surface area (Å²) in [5, 5.41) is 0. The van der Waals surface area contributed by atoms with Crippen LogP contribution in [-0.2, 0) is 25.2 Å². The van der Waals surface area contributed by atoms with E-state index in [-0.39, 0.29) is 5.69 Å². The number of halogens is 2. The van der Waals surface area contributed by atoms with Gasteiger partial charge in [-0.25, -0.2) is 0 Å². The van der Waals surface area contributed by atoms with Gasteiger partial charge in [0.2, 0.25) is 0 Å². The van der Waals surface area contributed by atoms with Crippen molar-refractivity contribution in [3.63, 3.8) is 0 Å². The van der Waals surface area contributed by atoms with Gasteiger partial charge in [0.25, 0.3) is 5.92 Å². The molecule has 0 aliphatic carbocycles. The van der Waals surface area contributed by atoms with Crippen LogP contribution in [0.2, 0.25) is 0 Å². The molecule has 0 saturated carbocycles. The number of aryl methyl sites for hydroxylation is 2. The van der Waals surface area contributed by atoms with Crippen molar-refractivity contribution in [3.05, 3.63) is 82.9 Å². The van der Waals surface area contributed by atoms with Gasteiger partial charge in [-0.15, -0.1) is 0 Å². The first-order valence-electron chi connectivity index (χ1n) is 9.31. The van der Waals surface area contributed by atoms with Crippen LogP contribution in [-0.4, -0.2) is 9.97 Å². The summed E-state index contributed by atoms with van der Waals surface area (Å²) >= 11 is 0. The molecule has 3 rings (SSSR count). The second kappa shape index (κ2) is 7.95. The van der Waals surface area contributed by atoms with Gasteiger partial charge in [-0.2, -0.15) is 8.78 Å². The van der Waals surface area contributed by atoms with Crippen LogP contribution in [0.25, 0.3) is 11.1 Å². The lowest BCUT2D eigenvalue weighted by Crippen LogP contribution is -2.09. The second-order valence-corrected chi connectivity index (χ2v) is 6.81. The van der Waals surface area contributed by atoms with Crippen molar-refractivity contribution in [1.82, 2.24) is 9.97 Å². The summed E-state index contributed by atoms with van der Waals surface area (Å²) < 4.78 is 26.8. The van der Waals surface area contributed by atoms with Gasteiger partial charge in [0.1, 0.15) is 5.69 Å². The molecule has 2 nitrogen and oxygen atoms in total. The Morgan fingerprint density at radius 2 is 1.67 bits per heavy atom. The monoisotopic (exact) mass is 366 g/mol. The van der Waals surface area contributed by atoms with E-state index >= 15 is 0 Å². The van der Waals surface area contributed by atoms with Crippen LogP contribution >= 0.6 is 0 Å². The highest BCUT2D eigenvalue weighted by atomic mass is 19.3. The Labute approximate surface area is 159 Å². The zero-order chi connectivity index (χ0) is 19.4. The molecule has 0 N–H and O–H groups in total. The third kappa shape index (κ3) is 4.38. The molecule has 140 valence electrons. The summed E-state index contributed by atoms with van der Waals surface area (Å²) in [5.41, 5.74) is 6.44. The minimum absolute atomic E-state index is 0.212.